The monoisotopic (exact) mass is 230 g/mol. The molecule has 0 bridgehead atoms. The molecule has 0 radical (unpaired) electrons. The molecule has 3 heteroatoms. The predicted molar refractivity (Wildman–Crippen MR) is 65.2 cm³/mol. The molecule has 3 nitrogen and oxygen atoms in total. The Morgan fingerprint density at radius 1 is 1.06 bits per heavy atom. The third kappa shape index (κ3) is 9.97. The summed E-state index contributed by atoms with van der Waals surface area (Å²) in [6, 6.07) is 0. The van der Waals surface area contributed by atoms with Crippen LogP contribution in [-0.4, -0.2) is 23.8 Å². The van der Waals surface area contributed by atoms with Crippen LogP contribution in [-0.2, 0) is 9.53 Å². The Hall–Kier alpha value is -0.570. The van der Waals surface area contributed by atoms with Gasteiger partial charge in [0.15, 0.2) is 0 Å². The average Bonchev–Trinajstić information content (AvgIpc) is 2.26. The summed E-state index contributed by atoms with van der Waals surface area (Å²) in [6.45, 7) is 4.09. The Bertz CT molecular complexity index is 167. The van der Waals surface area contributed by atoms with Crippen molar-refractivity contribution in [1.82, 2.24) is 0 Å². The molecule has 0 aliphatic rings. The minimum atomic E-state index is -0.992. The second-order valence-electron chi connectivity index (χ2n) is 4.32. The molecule has 0 aliphatic heterocycles. The number of hydrogen-bond acceptors (Lipinski definition) is 3. The Kier molecular flexibility index (Phi) is 10.5. The summed E-state index contributed by atoms with van der Waals surface area (Å²) in [7, 11) is 0. The second kappa shape index (κ2) is 10.9. The lowest BCUT2D eigenvalue weighted by molar-refractivity contribution is -0.152. The molecule has 0 aliphatic carbocycles. The standard InChI is InChI=1S/C13H26O3/c1-3-4-5-6-7-8-9-10-11-16-13(15)12(2)14/h12,14H,3-11H2,1-2H3/t12-/m1/s1. The third-order valence-corrected chi connectivity index (χ3v) is 2.58. The third-order valence-electron chi connectivity index (χ3n) is 2.58. The van der Waals surface area contributed by atoms with Gasteiger partial charge < -0.3 is 9.84 Å². The van der Waals surface area contributed by atoms with Crippen molar-refractivity contribution in [3.8, 4) is 0 Å². The van der Waals surface area contributed by atoms with E-state index in [9.17, 15) is 4.79 Å². The topological polar surface area (TPSA) is 46.5 Å². The van der Waals surface area contributed by atoms with Crippen LogP contribution in [0.3, 0.4) is 0 Å². The van der Waals surface area contributed by atoms with Crippen LogP contribution in [0, 0.1) is 0 Å². The molecule has 1 atom stereocenters. The number of ether oxygens (including phenoxy) is 1. The van der Waals surface area contributed by atoms with Crippen molar-refractivity contribution < 1.29 is 14.6 Å². The molecule has 0 spiro atoms. The first-order chi connectivity index (χ1) is 7.68. The van der Waals surface area contributed by atoms with E-state index in [1.165, 1.54) is 45.4 Å². The summed E-state index contributed by atoms with van der Waals surface area (Å²) < 4.78 is 4.86. The number of aliphatic hydroxyl groups is 1. The summed E-state index contributed by atoms with van der Waals surface area (Å²) in [5.74, 6) is -0.511. The van der Waals surface area contributed by atoms with Crippen molar-refractivity contribution in [2.45, 2.75) is 71.3 Å². The first-order valence-corrected chi connectivity index (χ1v) is 6.53. The Labute approximate surface area is 99.2 Å². The van der Waals surface area contributed by atoms with E-state index >= 15 is 0 Å². The maximum Gasteiger partial charge on any atom is 0.334 e. The van der Waals surface area contributed by atoms with Gasteiger partial charge in [0.05, 0.1) is 6.61 Å². The molecule has 0 rings (SSSR count). The molecule has 0 aromatic carbocycles. The highest BCUT2D eigenvalue weighted by molar-refractivity contribution is 5.73. The number of carbonyl (C=O) groups excluding carboxylic acids is 1. The van der Waals surface area contributed by atoms with Gasteiger partial charge in [0, 0.05) is 0 Å². The molecular weight excluding hydrogens is 204 g/mol. The summed E-state index contributed by atoms with van der Waals surface area (Å²) >= 11 is 0. The minimum Gasteiger partial charge on any atom is -0.464 e. The van der Waals surface area contributed by atoms with Gasteiger partial charge in [0.25, 0.3) is 0 Å². The quantitative estimate of drug-likeness (QED) is 0.463. The molecule has 0 aromatic rings. The van der Waals surface area contributed by atoms with Crippen LogP contribution in [0.5, 0.6) is 0 Å². The molecule has 1 N–H and O–H groups in total. The summed E-state index contributed by atoms with van der Waals surface area (Å²) in [5, 5.41) is 8.87. The first-order valence-electron chi connectivity index (χ1n) is 6.53. The molecule has 0 saturated carbocycles. The lowest BCUT2D eigenvalue weighted by atomic mass is 10.1. The van der Waals surface area contributed by atoms with E-state index in [0.29, 0.717) is 6.61 Å². The number of rotatable bonds is 10. The number of esters is 1. The van der Waals surface area contributed by atoms with Gasteiger partial charge in [-0.15, -0.1) is 0 Å². The van der Waals surface area contributed by atoms with Crippen LogP contribution in [0.1, 0.15) is 65.2 Å². The van der Waals surface area contributed by atoms with E-state index in [0.717, 1.165) is 12.8 Å². The van der Waals surface area contributed by atoms with Crippen molar-refractivity contribution in [1.29, 1.82) is 0 Å². The molecule has 0 saturated heterocycles. The van der Waals surface area contributed by atoms with Gasteiger partial charge in [-0.3, -0.25) is 0 Å². The van der Waals surface area contributed by atoms with Gasteiger partial charge >= 0.3 is 5.97 Å². The molecule has 0 aromatic heterocycles. The number of hydrogen-bond donors (Lipinski definition) is 1. The van der Waals surface area contributed by atoms with Gasteiger partial charge in [-0.1, -0.05) is 51.9 Å². The van der Waals surface area contributed by atoms with E-state index in [1.54, 1.807) is 0 Å². The fraction of sp³-hybridized carbons (Fsp3) is 0.923. The highest BCUT2D eigenvalue weighted by Crippen LogP contribution is 2.08. The van der Waals surface area contributed by atoms with Crippen LogP contribution in [0.4, 0.5) is 0 Å². The van der Waals surface area contributed by atoms with Gasteiger partial charge in [-0.25, -0.2) is 4.79 Å². The highest BCUT2D eigenvalue weighted by Gasteiger charge is 2.08. The van der Waals surface area contributed by atoms with E-state index in [2.05, 4.69) is 6.92 Å². The normalized spacial score (nSPS) is 12.4. The predicted octanol–water partition coefficient (Wildman–Crippen LogP) is 3.05. The first kappa shape index (κ1) is 15.4. The Balaban J connectivity index is 3.07. The zero-order valence-corrected chi connectivity index (χ0v) is 10.7. The van der Waals surface area contributed by atoms with Crippen LogP contribution in [0.15, 0.2) is 0 Å². The molecule has 0 heterocycles. The second-order valence-corrected chi connectivity index (χ2v) is 4.32. The van der Waals surface area contributed by atoms with Gasteiger partial charge in [-0.2, -0.15) is 0 Å². The lowest BCUT2D eigenvalue weighted by Crippen LogP contribution is -2.19. The Morgan fingerprint density at radius 2 is 1.56 bits per heavy atom. The zero-order valence-electron chi connectivity index (χ0n) is 10.7. The van der Waals surface area contributed by atoms with Crippen molar-refractivity contribution in [2.24, 2.45) is 0 Å². The lowest BCUT2D eigenvalue weighted by Gasteiger charge is -2.06. The largest absolute Gasteiger partial charge is 0.464 e. The molecule has 0 unspecified atom stereocenters. The number of unbranched alkanes of at least 4 members (excludes halogenated alkanes) is 7. The van der Waals surface area contributed by atoms with Crippen molar-refractivity contribution in [2.75, 3.05) is 6.61 Å². The van der Waals surface area contributed by atoms with Crippen molar-refractivity contribution in [3.05, 3.63) is 0 Å². The molecular formula is C13H26O3. The fourth-order valence-corrected chi connectivity index (χ4v) is 1.53. The van der Waals surface area contributed by atoms with Crippen LogP contribution < -0.4 is 0 Å². The SMILES string of the molecule is CCCCCCCCCCOC(=O)[C@@H](C)O. The molecule has 96 valence electrons. The zero-order chi connectivity index (χ0) is 12.2. The van der Waals surface area contributed by atoms with E-state index < -0.39 is 12.1 Å². The summed E-state index contributed by atoms with van der Waals surface area (Å²) in [4.78, 5) is 10.9. The Morgan fingerprint density at radius 3 is 2.06 bits per heavy atom. The molecule has 0 fully saturated rings. The fourth-order valence-electron chi connectivity index (χ4n) is 1.53. The van der Waals surface area contributed by atoms with Gasteiger partial charge in [-0.05, 0) is 13.3 Å². The maximum absolute atomic E-state index is 10.9. The van der Waals surface area contributed by atoms with E-state index in [-0.39, 0.29) is 0 Å². The maximum atomic E-state index is 10.9. The van der Waals surface area contributed by atoms with Crippen molar-refractivity contribution in [3.63, 3.8) is 0 Å². The molecule has 16 heavy (non-hydrogen) atoms. The molecule has 0 amide bonds. The summed E-state index contributed by atoms with van der Waals surface area (Å²) in [5.41, 5.74) is 0. The summed E-state index contributed by atoms with van der Waals surface area (Å²) in [6.07, 6.45) is 8.82. The number of carbonyl (C=O) groups is 1. The van der Waals surface area contributed by atoms with Crippen LogP contribution in [0.25, 0.3) is 0 Å². The van der Waals surface area contributed by atoms with Crippen molar-refractivity contribution >= 4 is 5.97 Å². The number of aliphatic hydroxyl groups excluding tert-OH is 1. The van der Waals surface area contributed by atoms with Crippen LogP contribution >= 0.6 is 0 Å². The van der Waals surface area contributed by atoms with E-state index in [1.807, 2.05) is 0 Å². The highest BCUT2D eigenvalue weighted by atomic mass is 16.5. The smallest absolute Gasteiger partial charge is 0.334 e. The van der Waals surface area contributed by atoms with Crippen LogP contribution in [0.2, 0.25) is 0 Å². The minimum absolute atomic E-state index is 0.443. The average molecular weight is 230 g/mol. The van der Waals surface area contributed by atoms with Gasteiger partial charge in [0.2, 0.25) is 0 Å². The van der Waals surface area contributed by atoms with Gasteiger partial charge in [0.1, 0.15) is 6.10 Å². The van der Waals surface area contributed by atoms with E-state index in [4.69, 9.17) is 9.84 Å².